The van der Waals surface area contributed by atoms with E-state index < -0.39 is 8.07 Å². The van der Waals surface area contributed by atoms with Crippen LogP contribution in [0.15, 0.2) is 78.7 Å². The number of nitrogens with zero attached hydrogens (tertiary/aromatic N) is 1. The fraction of sp³-hybridized carbons (Fsp3) is 0.458. The van der Waals surface area contributed by atoms with E-state index in [0.29, 0.717) is 0 Å². The van der Waals surface area contributed by atoms with Gasteiger partial charge in [0.05, 0.1) is 5.76 Å². The normalized spacial score (nSPS) is 15.0. The summed E-state index contributed by atoms with van der Waals surface area (Å²) < 4.78 is 1.26. The van der Waals surface area contributed by atoms with Crippen LogP contribution < -0.4 is 0 Å². The van der Waals surface area contributed by atoms with Crippen LogP contribution in [-0.2, 0) is 30.3 Å². The van der Waals surface area contributed by atoms with Crippen molar-refractivity contribution in [1.29, 1.82) is 0 Å². The second kappa shape index (κ2) is 18.8. The molecule has 1 aliphatic rings. The Morgan fingerprint density at radius 2 is 1.54 bits per heavy atom. The maximum Gasteiger partial charge on any atom is 0.162 e. The van der Waals surface area contributed by atoms with Crippen molar-refractivity contribution in [2.24, 2.45) is 11.8 Å². The van der Waals surface area contributed by atoms with Crippen molar-refractivity contribution in [3.05, 3.63) is 101 Å². The number of aromatic nitrogens is 1. The first-order chi connectivity index (χ1) is 25.2. The van der Waals surface area contributed by atoms with Gasteiger partial charge >= 0.3 is 0 Å². The second-order valence-corrected chi connectivity index (χ2v) is 23.4. The van der Waals surface area contributed by atoms with Crippen LogP contribution in [-0.4, -0.2) is 23.9 Å². The maximum atomic E-state index is 11.7. The van der Waals surface area contributed by atoms with Crippen LogP contribution in [0.5, 0.6) is 0 Å². The third-order valence-corrected chi connectivity index (χ3v) is 16.4. The van der Waals surface area contributed by atoms with E-state index in [0.717, 1.165) is 48.2 Å². The van der Waals surface area contributed by atoms with Crippen LogP contribution in [0, 0.1) is 24.8 Å². The van der Waals surface area contributed by atoms with E-state index in [1.807, 2.05) is 45.2 Å². The number of carbonyl (C=O) groups is 1. The molecule has 5 aromatic rings. The molecule has 3 heterocycles. The number of pyridine rings is 1. The fourth-order valence-electron chi connectivity index (χ4n) is 8.01. The Bertz CT molecular complexity index is 2040. The molecule has 1 saturated heterocycles. The van der Waals surface area contributed by atoms with Crippen molar-refractivity contribution in [3.63, 3.8) is 0 Å². The first-order valence-corrected chi connectivity index (χ1v) is 24.3. The van der Waals surface area contributed by atoms with Crippen molar-refractivity contribution in [2.75, 3.05) is 0 Å². The molecule has 0 saturated carbocycles. The summed E-state index contributed by atoms with van der Waals surface area (Å²) in [6, 6.07) is 29.3. The van der Waals surface area contributed by atoms with Gasteiger partial charge in [0.1, 0.15) is 0 Å². The van der Waals surface area contributed by atoms with Gasteiger partial charge < -0.3 is 5.11 Å². The Hall–Kier alpha value is -2.89. The van der Waals surface area contributed by atoms with Crippen LogP contribution in [0.25, 0.3) is 42.6 Å². The number of hydrogen-bond donors (Lipinski definition) is 1. The van der Waals surface area contributed by atoms with Crippen LogP contribution >= 0.6 is 11.3 Å². The van der Waals surface area contributed by atoms with Crippen molar-refractivity contribution in [1.82, 2.24) is 4.98 Å². The molecule has 291 valence electrons. The van der Waals surface area contributed by atoms with E-state index in [1.54, 1.807) is 0 Å². The number of benzene rings is 3. The Labute approximate surface area is 344 Å². The van der Waals surface area contributed by atoms with E-state index in [9.17, 15) is 9.90 Å². The molecule has 54 heavy (non-hydrogen) atoms. The molecule has 0 amide bonds. The van der Waals surface area contributed by atoms with Crippen molar-refractivity contribution < 1.29 is 30.0 Å². The zero-order valence-electron chi connectivity index (χ0n) is 34.4. The monoisotopic (exact) mass is 937 g/mol. The molecule has 0 aliphatic carbocycles. The van der Waals surface area contributed by atoms with Crippen molar-refractivity contribution in [3.8, 4) is 21.7 Å². The molecule has 3 nitrogen and oxygen atoms in total. The Kier molecular flexibility index (Phi) is 15.3. The van der Waals surface area contributed by atoms with Gasteiger partial charge in [-0.05, 0) is 84.9 Å². The predicted molar refractivity (Wildman–Crippen MR) is 233 cm³/mol. The number of rotatable bonds is 10. The third kappa shape index (κ3) is 10.1. The largest absolute Gasteiger partial charge is 0.512 e. The maximum absolute atomic E-state index is 11.7. The number of aryl methyl sites for hydroxylation is 1. The van der Waals surface area contributed by atoms with Gasteiger partial charge in [-0.1, -0.05) is 127 Å². The average Bonchev–Trinajstić information content (AvgIpc) is 3.48. The van der Waals surface area contributed by atoms with E-state index in [-0.39, 0.29) is 48.9 Å². The topological polar surface area (TPSA) is 50.2 Å². The van der Waals surface area contributed by atoms with E-state index in [1.165, 1.54) is 73.6 Å². The molecule has 0 unspecified atom stereocenters. The van der Waals surface area contributed by atoms with Gasteiger partial charge in [0, 0.05) is 67.6 Å². The molecule has 1 radical (unpaired) electrons. The summed E-state index contributed by atoms with van der Waals surface area (Å²) in [6.07, 6.45) is 9.62. The smallest absolute Gasteiger partial charge is 0.162 e. The number of aliphatic hydroxyl groups excluding tert-OH is 1. The summed E-state index contributed by atoms with van der Waals surface area (Å²) in [6.45, 7) is 22.3. The number of ketones is 1. The molecule has 6 rings (SSSR count). The van der Waals surface area contributed by atoms with Gasteiger partial charge in [-0.3, -0.25) is 9.78 Å². The van der Waals surface area contributed by atoms with Crippen LogP contribution in [0.2, 0.25) is 25.2 Å². The standard InChI is InChI=1S/C35H38NSSi.C13H24O2.Ir/c1-23-29-15-18-36-32(28-21-27-9-7-8-10-30(27)31(22-28)35(2,3)4)34(29)37-33(23)26-13-11-24(12-14-26)25-16-19-38(5,6)20-17-25;1-5-10(6-2)12(14)9-13(15)11(7-3)8-4;/h7-15,18,22,25H,16-17,19-20H2,1-6H3;9-11,14H,5-8H2,1-4H3;/q-1;;/b;12-9-;. The number of fused-ring (bicyclic) bond motifs is 2. The number of allylic oxidation sites excluding steroid dienone is 2. The van der Waals surface area contributed by atoms with E-state index >= 15 is 0 Å². The molecule has 0 bridgehead atoms. The summed E-state index contributed by atoms with van der Waals surface area (Å²) in [5, 5.41) is 13.5. The Morgan fingerprint density at radius 1 is 0.926 bits per heavy atom. The van der Waals surface area contributed by atoms with E-state index in [2.05, 4.69) is 108 Å². The van der Waals surface area contributed by atoms with Gasteiger partial charge in [0.2, 0.25) is 0 Å². The summed E-state index contributed by atoms with van der Waals surface area (Å²) in [7, 11) is -0.925. The minimum absolute atomic E-state index is 0. The number of aliphatic hydroxyl groups is 1. The second-order valence-electron chi connectivity index (χ2n) is 17.0. The van der Waals surface area contributed by atoms with Crippen LogP contribution in [0.1, 0.15) is 110 Å². The van der Waals surface area contributed by atoms with E-state index in [4.69, 9.17) is 4.98 Å². The summed E-state index contributed by atoms with van der Waals surface area (Å²) in [4.78, 5) is 18.0. The fourth-order valence-corrected chi connectivity index (χ4v) is 11.8. The predicted octanol–water partition coefficient (Wildman–Crippen LogP) is 14.6. The molecule has 1 aliphatic heterocycles. The van der Waals surface area contributed by atoms with Crippen molar-refractivity contribution >= 4 is 46.1 Å². The number of hydrogen-bond acceptors (Lipinski definition) is 4. The zero-order chi connectivity index (χ0) is 38.5. The van der Waals surface area contributed by atoms with Crippen molar-refractivity contribution in [2.45, 2.75) is 130 Å². The molecule has 6 heteroatoms. The Morgan fingerprint density at radius 3 is 2.13 bits per heavy atom. The van der Waals surface area contributed by atoms with Gasteiger partial charge in [0.15, 0.2) is 5.78 Å². The van der Waals surface area contributed by atoms with Crippen LogP contribution in [0.4, 0.5) is 0 Å². The molecule has 1 N–H and O–H groups in total. The minimum Gasteiger partial charge on any atom is -0.512 e. The first kappa shape index (κ1) is 43.8. The molecule has 3 aromatic carbocycles. The SMILES string of the molecule is CCC(CC)C(=O)/C=C(\O)C(CC)CC.Cc1c(-c2ccc(C3CC[Si](C)(C)CC3)cc2)sc2c(-c3[c-]c4ccccc4c(C(C)(C)C)c3)nccc12.[Ir]. The van der Waals surface area contributed by atoms with Gasteiger partial charge in [-0.15, -0.1) is 40.5 Å². The van der Waals surface area contributed by atoms with Gasteiger partial charge in [0.25, 0.3) is 0 Å². The third-order valence-electron chi connectivity index (χ3n) is 11.8. The zero-order valence-corrected chi connectivity index (χ0v) is 38.6. The molecule has 1 fully saturated rings. The molecular formula is C48H62IrNO2SSi-. The summed E-state index contributed by atoms with van der Waals surface area (Å²) in [5.74, 6) is 1.29. The minimum atomic E-state index is -0.925. The summed E-state index contributed by atoms with van der Waals surface area (Å²) in [5.41, 5.74) is 7.71. The van der Waals surface area contributed by atoms with Gasteiger partial charge in [-0.25, -0.2) is 0 Å². The Balaban J connectivity index is 0.000000347. The molecular weight excluding hydrogens is 875 g/mol. The average molecular weight is 937 g/mol. The quantitative estimate of drug-likeness (QED) is 0.0657. The molecule has 2 aromatic heterocycles. The first-order valence-electron chi connectivity index (χ1n) is 20.1. The molecule has 0 spiro atoms. The summed E-state index contributed by atoms with van der Waals surface area (Å²) >= 11 is 1.88. The number of carbonyl (C=O) groups excluding carboxylic acids is 1. The van der Waals surface area contributed by atoms with Gasteiger partial charge in [-0.2, -0.15) is 0 Å². The molecule has 0 atom stereocenters. The van der Waals surface area contributed by atoms with Crippen LogP contribution in [0.3, 0.4) is 0 Å². The number of thiophene rings is 1.